The first-order chi connectivity index (χ1) is 9.65. The highest BCUT2D eigenvalue weighted by molar-refractivity contribution is 9.10. The van der Waals surface area contributed by atoms with E-state index in [-0.39, 0.29) is 11.9 Å². The molecule has 106 valence electrons. The minimum Gasteiger partial charge on any atom is -0.289 e. The number of aromatic nitrogens is 4. The fourth-order valence-electron chi connectivity index (χ4n) is 2.68. The lowest BCUT2D eigenvalue weighted by Gasteiger charge is -2.24. The summed E-state index contributed by atoms with van der Waals surface area (Å²) < 4.78 is 15.9. The number of hydrogen-bond donors (Lipinski definition) is 0. The predicted molar refractivity (Wildman–Crippen MR) is 75.3 cm³/mol. The number of tetrazole rings is 1. The minimum absolute atomic E-state index is 0.213. The molecule has 1 aromatic carbocycles. The maximum absolute atomic E-state index is 13.7. The Balaban J connectivity index is 1.81. The topological polar surface area (TPSA) is 46.8 Å². The van der Waals surface area contributed by atoms with Crippen LogP contribution in [0.4, 0.5) is 4.39 Å². The van der Waals surface area contributed by atoms with Crippen molar-refractivity contribution in [3.8, 4) is 0 Å². The first kappa shape index (κ1) is 13.6. The van der Waals surface area contributed by atoms with Crippen molar-refractivity contribution in [3.63, 3.8) is 0 Å². The SMILES string of the molecule is Cn1nnnc1CN1CCC[C@@H]1c1ccc(Br)c(F)c1. The molecule has 5 nitrogen and oxygen atoms in total. The number of hydrogen-bond acceptors (Lipinski definition) is 4. The Kier molecular flexibility index (Phi) is 3.80. The van der Waals surface area contributed by atoms with E-state index in [1.54, 1.807) is 16.8 Å². The quantitative estimate of drug-likeness (QED) is 0.861. The van der Waals surface area contributed by atoms with Crippen LogP contribution in [0, 0.1) is 5.82 Å². The Bertz CT molecular complexity index is 615. The van der Waals surface area contributed by atoms with Crippen molar-refractivity contribution in [1.82, 2.24) is 25.1 Å². The summed E-state index contributed by atoms with van der Waals surface area (Å²) in [5.74, 6) is 0.615. The smallest absolute Gasteiger partial charge is 0.165 e. The van der Waals surface area contributed by atoms with Gasteiger partial charge in [0.1, 0.15) is 5.82 Å². The van der Waals surface area contributed by atoms with E-state index in [9.17, 15) is 4.39 Å². The highest BCUT2D eigenvalue weighted by Gasteiger charge is 2.27. The van der Waals surface area contributed by atoms with Gasteiger partial charge in [0.05, 0.1) is 11.0 Å². The van der Waals surface area contributed by atoms with Gasteiger partial charge in [-0.3, -0.25) is 4.90 Å². The molecule has 3 rings (SSSR count). The Labute approximate surface area is 124 Å². The van der Waals surface area contributed by atoms with Gasteiger partial charge >= 0.3 is 0 Å². The fourth-order valence-corrected chi connectivity index (χ4v) is 2.92. The molecule has 1 fully saturated rings. The van der Waals surface area contributed by atoms with Crippen LogP contribution in [0.15, 0.2) is 22.7 Å². The number of nitrogens with zero attached hydrogens (tertiary/aromatic N) is 5. The summed E-state index contributed by atoms with van der Waals surface area (Å²) in [5.41, 5.74) is 1.01. The van der Waals surface area contributed by atoms with Crippen molar-refractivity contribution in [2.45, 2.75) is 25.4 Å². The third-order valence-electron chi connectivity index (χ3n) is 3.74. The highest BCUT2D eigenvalue weighted by atomic mass is 79.9. The molecule has 1 aromatic heterocycles. The molecule has 0 unspecified atom stereocenters. The molecule has 0 spiro atoms. The standard InChI is InChI=1S/C13H15BrFN5/c1-19-13(16-17-18-19)8-20-6-2-3-12(20)9-4-5-10(14)11(15)7-9/h4-5,7,12H,2-3,6,8H2,1H3/t12-/m1/s1. The number of likely N-dealkylation sites (tertiary alicyclic amines) is 1. The lowest BCUT2D eigenvalue weighted by molar-refractivity contribution is 0.238. The van der Waals surface area contributed by atoms with E-state index in [1.165, 1.54) is 0 Å². The lowest BCUT2D eigenvalue weighted by Crippen LogP contribution is -2.24. The van der Waals surface area contributed by atoms with Crippen LogP contribution in [-0.4, -0.2) is 31.7 Å². The van der Waals surface area contributed by atoms with Crippen molar-refractivity contribution in [3.05, 3.63) is 39.9 Å². The zero-order valence-corrected chi connectivity index (χ0v) is 12.7. The van der Waals surface area contributed by atoms with Gasteiger partial charge in [0.15, 0.2) is 5.82 Å². The molecular formula is C13H15BrFN5. The maximum Gasteiger partial charge on any atom is 0.165 e. The first-order valence-corrected chi connectivity index (χ1v) is 7.34. The molecule has 2 aromatic rings. The lowest BCUT2D eigenvalue weighted by atomic mass is 10.0. The second-order valence-corrected chi connectivity index (χ2v) is 5.88. The third-order valence-corrected chi connectivity index (χ3v) is 4.39. The second kappa shape index (κ2) is 5.57. The number of rotatable bonds is 3. The van der Waals surface area contributed by atoms with Gasteiger partial charge in [-0.2, -0.15) is 0 Å². The van der Waals surface area contributed by atoms with E-state index >= 15 is 0 Å². The zero-order chi connectivity index (χ0) is 14.1. The molecule has 0 saturated carbocycles. The molecule has 7 heteroatoms. The van der Waals surface area contributed by atoms with Crippen LogP contribution in [0.3, 0.4) is 0 Å². The molecule has 0 amide bonds. The highest BCUT2D eigenvalue weighted by Crippen LogP contribution is 2.34. The number of halogens is 2. The van der Waals surface area contributed by atoms with Crippen molar-refractivity contribution in [2.75, 3.05) is 6.54 Å². The molecule has 2 heterocycles. The Hall–Kier alpha value is -1.34. The molecule has 0 bridgehead atoms. The fraction of sp³-hybridized carbons (Fsp3) is 0.462. The molecule has 20 heavy (non-hydrogen) atoms. The summed E-state index contributed by atoms with van der Waals surface area (Å²) in [6, 6.07) is 5.59. The van der Waals surface area contributed by atoms with Gasteiger partial charge in [0.25, 0.3) is 0 Å². The average molecular weight is 340 g/mol. The van der Waals surface area contributed by atoms with Crippen LogP contribution < -0.4 is 0 Å². The average Bonchev–Trinajstić information content (AvgIpc) is 3.04. The molecule has 0 aliphatic carbocycles. The summed E-state index contributed by atoms with van der Waals surface area (Å²) in [7, 11) is 1.83. The molecule has 1 atom stereocenters. The van der Waals surface area contributed by atoms with Gasteiger partial charge in [-0.15, -0.1) is 5.10 Å². The Morgan fingerprint density at radius 2 is 2.30 bits per heavy atom. The van der Waals surface area contributed by atoms with Crippen LogP contribution in [-0.2, 0) is 13.6 Å². The summed E-state index contributed by atoms with van der Waals surface area (Å²) >= 11 is 3.19. The van der Waals surface area contributed by atoms with Crippen LogP contribution in [0.1, 0.15) is 30.3 Å². The molecule has 0 radical (unpaired) electrons. The van der Waals surface area contributed by atoms with Crippen molar-refractivity contribution in [2.24, 2.45) is 7.05 Å². The largest absolute Gasteiger partial charge is 0.289 e. The van der Waals surface area contributed by atoms with Crippen molar-refractivity contribution < 1.29 is 4.39 Å². The molecule has 0 N–H and O–H groups in total. The normalized spacial score (nSPS) is 19.6. The van der Waals surface area contributed by atoms with Crippen LogP contribution >= 0.6 is 15.9 Å². The van der Waals surface area contributed by atoms with E-state index in [0.717, 1.165) is 30.8 Å². The molecular weight excluding hydrogens is 325 g/mol. The predicted octanol–water partition coefficient (Wildman–Crippen LogP) is 2.45. The molecule has 1 aliphatic heterocycles. The monoisotopic (exact) mass is 339 g/mol. The van der Waals surface area contributed by atoms with E-state index in [4.69, 9.17) is 0 Å². The summed E-state index contributed by atoms with van der Waals surface area (Å²) in [6.07, 6.45) is 2.14. The minimum atomic E-state index is -0.213. The van der Waals surface area contributed by atoms with E-state index < -0.39 is 0 Å². The molecule has 1 aliphatic rings. The van der Waals surface area contributed by atoms with Crippen molar-refractivity contribution >= 4 is 15.9 Å². The zero-order valence-electron chi connectivity index (χ0n) is 11.1. The van der Waals surface area contributed by atoms with Crippen LogP contribution in [0.5, 0.6) is 0 Å². The number of benzene rings is 1. The number of aryl methyl sites for hydroxylation is 1. The first-order valence-electron chi connectivity index (χ1n) is 6.55. The van der Waals surface area contributed by atoms with E-state index in [0.29, 0.717) is 11.0 Å². The van der Waals surface area contributed by atoms with Gasteiger partial charge < -0.3 is 0 Å². The van der Waals surface area contributed by atoms with Gasteiger partial charge in [-0.1, -0.05) is 6.07 Å². The Morgan fingerprint density at radius 1 is 1.45 bits per heavy atom. The van der Waals surface area contributed by atoms with Gasteiger partial charge in [-0.25, -0.2) is 9.07 Å². The summed E-state index contributed by atoms with van der Waals surface area (Å²) in [6.45, 7) is 1.67. The summed E-state index contributed by atoms with van der Waals surface area (Å²) in [5, 5.41) is 11.5. The van der Waals surface area contributed by atoms with E-state index in [1.807, 2.05) is 13.1 Å². The third kappa shape index (κ3) is 2.60. The van der Waals surface area contributed by atoms with E-state index in [2.05, 4.69) is 36.4 Å². The van der Waals surface area contributed by atoms with Gasteiger partial charge in [0.2, 0.25) is 0 Å². The van der Waals surface area contributed by atoms with Crippen LogP contribution in [0.2, 0.25) is 0 Å². The Morgan fingerprint density at radius 3 is 3.00 bits per heavy atom. The molecule has 1 saturated heterocycles. The maximum atomic E-state index is 13.7. The van der Waals surface area contributed by atoms with Crippen LogP contribution in [0.25, 0.3) is 0 Å². The van der Waals surface area contributed by atoms with Crippen molar-refractivity contribution in [1.29, 1.82) is 0 Å². The summed E-state index contributed by atoms with van der Waals surface area (Å²) in [4.78, 5) is 2.30. The second-order valence-electron chi connectivity index (χ2n) is 5.02. The van der Waals surface area contributed by atoms with Gasteiger partial charge in [-0.05, 0) is 63.4 Å². The van der Waals surface area contributed by atoms with Gasteiger partial charge in [0, 0.05) is 13.1 Å².